The van der Waals surface area contributed by atoms with Gasteiger partial charge in [-0.3, -0.25) is 0 Å². The molecule has 0 aliphatic carbocycles. The van der Waals surface area contributed by atoms with Crippen molar-refractivity contribution in [3.8, 4) is 0 Å². The summed E-state index contributed by atoms with van der Waals surface area (Å²) in [4.78, 5) is 4.80. The van der Waals surface area contributed by atoms with Crippen molar-refractivity contribution >= 4 is 33.2 Å². The summed E-state index contributed by atoms with van der Waals surface area (Å²) in [7, 11) is -3.64. The van der Waals surface area contributed by atoms with Gasteiger partial charge in [0.25, 0.3) is 0 Å². The Morgan fingerprint density at radius 3 is 2.61 bits per heavy atom. The number of halogens is 2. The number of nitrogens with zero attached hydrogens (tertiary/aromatic N) is 4. The van der Waals surface area contributed by atoms with Gasteiger partial charge >= 0.3 is 0 Å². The first-order valence-electron chi connectivity index (χ1n) is 9.32. The van der Waals surface area contributed by atoms with Gasteiger partial charge in [0.15, 0.2) is 0 Å². The van der Waals surface area contributed by atoms with Crippen molar-refractivity contribution in [2.24, 2.45) is 0 Å². The Bertz CT molecular complexity index is 973. The fraction of sp³-hybridized carbons (Fsp3) is 0.556. The van der Waals surface area contributed by atoms with Crippen LogP contribution in [-0.4, -0.2) is 53.8 Å². The lowest BCUT2D eigenvalue weighted by Crippen LogP contribution is -2.30. The van der Waals surface area contributed by atoms with E-state index in [1.165, 1.54) is 22.5 Å². The lowest BCUT2D eigenvalue weighted by molar-refractivity contribution is 0.0821. The van der Waals surface area contributed by atoms with Gasteiger partial charge in [0.1, 0.15) is 11.6 Å². The summed E-state index contributed by atoms with van der Waals surface area (Å²) in [6.07, 6.45) is 2.52. The molecule has 0 saturated carbocycles. The molecule has 2 saturated heterocycles. The molecule has 1 aromatic carbocycles. The fourth-order valence-corrected chi connectivity index (χ4v) is 5.75. The molecule has 1 unspecified atom stereocenters. The van der Waals surface area contributed by atoms with E-state index in [1.54, 1.807) is 0 Å². The highest BCUT2D eigenvalue weighted by atomic mass is 35.5. The fourth-order valence-electron chi connectivity index (χ4n) is 3.86. The summed E-state index contributed by atoms with van der Waals surface area (Å²) in [5, 5.41) is 5.15. The number of benzene rings is 1. The van der Waals surface area contributed by atoms with Crippen LogP contribution in [0.25, 0.3) is 0 Å². The van der Waals surface area contributed by atoms with Gasteiger partial charge in [0.2, 0.25) is 10.0 Å². The molecule has 0 amide bonds. The molecular weight excluding hydrogens is 423 g/mol. The van der Waals surface area contributed by atoms with E-state index in [1.807, 2.05) is 11.6 Å². The number of aryl methyl sites for hydroxylation is 1. The maximum Gasteiger partial charge on any atom is 0.243 e. The Labute approximate surface area is 174 Å². The third-order valence-corrected chi connectivity index (χ3v) is 7.95. The molecule has 0 N–H and O–H groups in total. The molecule has 2 aliphatic heterocycles. The standard InChI is InChI=1S/C18H22Cl2N4O3S/c1-12-21-18(13-5-8-27-9-6-13)24(22-12)14-4-7-23(11-14)28(25,26)15-2-3-16(19)17(20)10-15/h2-3,10,13-14H,4-9,11H2,1H3. The predicted octanol–water partition coefficient (Wildman–Crippen LogP) is 3.42. The second kappa shape index (κ2) is 7.91. The summed E-state index contributed by atoms with van der Waals surface area (Å²) in [6.45, 7) is 4.11. The van der Waals surface area contributed by atoms with E-state index < -0.39 is 10.0 Å². The first-order valence-corrected chi connectivity index (χ1v) is 11.5. The smallest absolute Gasteiger partial charge is 0.243 e. The van der Waals surface area contributed by atoms with E-state index in [0.717, 1.165) is 31.9 Å². The maximum atomic E-state index is 13.0. The predicted molar refractivity (Wildman–Crippen MR) is 106 cm³/mol. The third-order valence-electron chi connectivity index (χ3n) is 5.35. The number of sulfonamides is 1. The van der Waals surface area contributed by atoms with Crippen molar-refractivity contribution < 1.29 is 13.2 Å². The SMILES string of the molecule is Cc1nc(C2CCOCC2)n(C2CCN(S(=O)(=O)c3ccc(Cl)c(Cl)c3)C2)n1. The average Bonchev–Trinajstić information content (AvgIpc) is 3.31. The minimum absolute atomic E-state index is 0.0309. The Kier molecular flexibility index (Phi) is 5.68. The minimum Gasteiger partial charge on any atom is -0.381 e. The van der Waals surface area contributed by atoms with E-state index in [0.29, 0.717) is 36.3 Å². The van der Waals surface area contributed by atoms with E-state index in [2.05, 4.69) is 10.1 Å². The quantitative estimate of drug-likeness (QED) is 0.721. The van der Waals surface area contributed by atoms with Crippen LogP contribution < -0.4 is 0 Å². The number of hydrogen-bond donors (Lipinski definition) is 0. The molecule has 10 heteroatoms. The normalized spacial score (nSPS) is 22.0. The van der Waals surface area contributed by atoms with Crippen LogP contribution in [0.4, 0.5) is 0 Å². The zero-order chi connectivity index (χ0) is 19.9. The van der Waals surface area contributed by atoms with Crippen LogP contribution in [0.5, 0.6) is 0 Å². The first kappa shape index (κ1) is 20.1. The third kappa shape index (κ3) is 3.80. The highest BCUT2D eigenvalue weighted by Gasteiger charge is 2.36. The van der Waals surface area contributed by atoms with E-state index in [-0.39, 0.29) is 16.0 Å². The van der Waals surface area contributed by atoms with Crippen molar-refractivity contribution in [1.29, 1.82) is 0 Å². The molecule has 152 valence electrons. The van der Waals surface area contributed by atoms with E-state index >= 15 is 0 Å². The number of aromatic nitrogens is 3. The first-order chi connectivity index (χ1) is 13.4. The van der Waals surface area contributed by atoms with Gasteiger partial charge in [-0.05, 0) is 44.4 Å². The summed E-state index contributed by atoms with van der Waals surface area (Å²) >= 11 is 11.9. The van der Waals surface area contributed by atoms with Crippen molar-refractivity contribution in [3.05, 3.63) is 39.9 Å². The highest BCUT2D eigenvalue weighted by Crippen LogP contribution is 2.33. The van der Waals surface area contributed by atoms with Crippen LogP contribution in [0.3, 0.4) is 0 Å². The van der Waals surface area contributed by atoms with Crippen LogP contribution in [-0.2, 0) is 14.8 Å². The molecule has 1 atom stereocenters. The molecule has 2 fully saturated rings. The average molecular weight is 445 g/mol. The van der Waals surface area contributed by atoms with Crippen LogP contribution in [0, 0.1) is 6.92 Å². The van der Waals surface area contributed by atoms with Crippen LogP contribution in [0.2, 0.25) is 10.0 Å². The zero-order valence-corrected chi connectivity index (χ0v) is 17.8. The molecule has 0 spiro atoms. The Morgan fingerprint density at radius 2 is 1.89 bits per heavy atom. The lowest BCUT2D eigenvalue weighted by atomic mass is 9.99. The van der Waals surface area contributed by atoms with Crippen LogP contribution >= 0.6 is 23.2 Å². The van der Waals surface area contributed by atoms with Crippen molar-refractivity contribution in [3.63, 3.8) is 0 Å². The van der Waals surface area contributed by atoms with Gasteiger partial charge < -0.3 is 4.74 Å². The van der Waals surface area contributed by atoms with Gasteiger partial charge in [0, 0.05) is 32.2 Å². The molecule has 4 rings (SSSR count). The summed E-state index contributed by atoms with van der Waals surface area (Å²) in [5.74, 6) is 1.96. The Hall–Kier alpha value is -1.19. The van der Waals surface area contributed by atoms with Crippen molar-refractivity contribution in [1.82, 2.24) is 19.1 Å². The van der Waals surface area contributed by atoms with Gasteiger partial charge in [0.05, 0.1) is 21.0 Å². The number of ether oxygens (including phenoxy) is 1. The minimum atomic E-state index is -3.64. The highest BCUT2D eigenvalue weighted by molar-refractivity contribution is 7.89. The second-order valence-corrected chi connectivity index (χ2v) is 9.98. The largest absolute Gasteiger partial charge is 0.381 e. The molecule has 3 heterocycles. The zero-order valence-electron chi connectivity index (χ0n) is 15.5. The number of rotatable bonds is 4. The van der Waals surface area contributed by atoms with Crippen LogP contribution in [0.15, 0.2) is 23.1 Å². The molecule has 28 heavy (non-hydrogen) atoms. The maximum absolute atomic E-state index is 13.0. The summed E-state index contributed by atoms with van der Waals surface area (Å²) in [6, 6.07) is 4.37. The molecule has 0 bridgehead atoms. The molecule has 1 aromatic heterocycles. The molecular formula is C18H22Cl2N4O3S. The van der Waals surface area contributed by atoms with Crippen molar-refractivity contribution in [2.45, 2.75) is 43.0 Å². The molecule has 2 aliphatic rings. The van der Waals surface area contributed by atoms with Gasteiger partial charge in [-0.1, -0.05) is 23.2 Å². The Balaban J connectivity index is 1.56. The summed E-state index contributed by atoms with van der Waals surface area (Å²) in [5.41, 5.74) is 0. The van der Waals surface area contributed by atoms with E-state index in [4.69, 9.17) is 27.9 Å². The van der Waals surface area contributed by atoms with Gasteiger partial charge in [-0.15, -0.1) is 0 Å². The topological polar surface area (TPSA) is 77.3 Å². The molecule has 2 aromatic rings. The lowest BCUT2D eigenvalue weighted by Gasteiger charge is -2.23. The van der Waals surface area contributed by atoms with Gasteiger partial charge in [-0.2, -0.15) is 9.40 Å². The van der Waals surface area contributed by atoms with Gasteiger partial charge in [-0.25, -0.2) is 18.1 Å². The van der Waals surface area contributed by atoms with E-state index in [9.17, 15) is 8.42 Å². The molecule has 7 nitrogen and oxygen atoms in total. The molecule has 0 radical (unpaired) electrons. The second-order valence-electron chi connectivity index (χ2n) is 7.23. The monoisotopic (exact) mass is 444 g/mol. The van der Waals surface area contributed by atoms with Crippen molar-refractivity contribution in [2.75, 3.05) is 26.3 Å². The summed E-state index contributed by atoms with van der Waals surface area (Å²) < 4.78 is 34.9. The Morgan fingerprint density at radius 1 is 1.14 bits per heavy atom. The van der Waals surface area contributed by atoms with Crippen LogP contribution in [0.1, 0.15) is 42.9 Å². The number of hydrogen-bond acceptors (Lipinski definition) is 5.